The lowest BCUT2D eigenvalue weighted by molar-refractivity contribution is 0.302. The van der Waals surface area contributed by atoms with Gasteiger partial charge in [0.2, 0.25) is 0 Å². The minimum absolute atomic E-state index is 0.440. The number of rotatable bonds is 5. The molecule has 0 bridgehead atoms. The van der Waals surface area contributed by atoms with E-state index in [1.807, 2.05) is 67.7 Å². The smallest absolute Gasteiger partial charge is 0.140 e. The van der Waals surface area contributed by atoms with Gasteiger partial charge in [-0.15, -0.1) is 0 Å². The van der Waals surface area contributed by atoms with Crippen molar-refractivity contribution in [3.8, 4) is 5.75 Å². The summed E-state index contributed by atoms with van der Waals surface area (Å²) in [7, 11) is 3.97. The van der Waals surface area contributed by atoms with Crippen LogP contribution in [0.15, 0.2) is 47.4 Å². The molecule has 3 aromatic heterocycles. The van der Waals surface area contributed by atoms with E-state index in [-0.39, 0.29) is 0 Å². The Bertz CT molecular complexity index is 1060. The number of benzene rings is 1. The zero-order valence-electron chi connectivity index (χ0n) is 15.8. The monoisotopic (exact) mass is 363 g/mol. The molecule has 27 heavy (non-hydrogen) atoms. The van der Waals surface area contributed by atoms with E-state index in [0.29, 0.717) is 6.61 Å². The van der Waals surface area contributed by atoms with Crippen molar-refractivity contribution in [1.29, 1.82) is 0 Å². The van der Waals surface area contributed by atoms with Gasteiger partial charge >= 0.3 is 0 Å². The first-order valence-corrected chi connectivity index (χ1v) is 8.68. The molecule has 0 fully saturated rings. The summed E-state index contributed by atoms with van der Waals surface area (Å²) in [6.45, 7) is 4.25. The van der Waals surface area contributed by atoms with Crippen molar-refractivity contribution in [3.05, 3.63) is 59.9 Å². The van der Waals surface area contributed by atoms with Gasteiger partial charge in [0.15, 0.2) is 0 Å². The van der Waals surface area contributed by atoms with Crippen LogP contribution < -0.4 is 9.64 Å². The maximum atomic E-state index is 5.87. The summed E-state index contributed by atoms with van der Waals surface area (Å²) in [6, 6.07) is 9.96. The minimum Gasteiger partial charge on any atom is -0.489 e. The molecule has 1 aromatic carbocycles. The van der Waals surface area contributed by atoms with E-state index in [2.05, 4.69) is 15.1 Å². The van der Waals surface area contributed by atoms with E-state index >= 15 is 0 Å². The van der Waals surface area contributed by atoms with Crippen LogP contribution in [0.1, 0.15) is 17.0 Å². The van der Waals surface area contributed by atoms with Crippen LogP contribution in [0, 0.1) is 13.8 Å². The molecular weight excluding hydrogens is 342 g/mol. The predicted molar refractivity (Wildman–Crippen MR) is 103 cm³/mol. The van der Waals surface area contributed by atoms with Gasteiger partial charge in [-0.05, 0) is 38.1 Å². The average Bonchev–Trinajstić information content (AvgIpc) is 3.22. The second kappa shape index (κ2) is 6.75. The Hall–Kier alpha value is -3.35. The maximum absolute atomic E-state index is 5.87. The van der Waals surface area contributed by atoms with E-state index < -0.39 is 0 Å². The predicted octanol–water partition coefficient (Wildman–Crippen LogP) is 3.92. The van der Waals surface area contributed by atoms with Crippen molar-refractivity contribution >= 4 is 22.5 Å². The fourth-order valence-electron chi connectivity index (χ4n) is 2.97. The Morgan fingerprint density at radius 2 is 1.93 bits per heavy atom. The average molecular weight is 363 g/mol. The van der Waals surface area contributed by atoms with Crippen molar-refractivity contribution in [2.24, 2.45) is 7.05 Å². The summed E-state index contributed by atoms with van der Waals surface area (Å²) < 4.78 is 13.0. The Morgan fingerprint density at radius 3 is 2.63 bits per heavy atom. The molecule has 138 valence electrons. The van der Waals surface area contributed by atoms with Gasteiger partial charge in [-0.25, -0.2) is 9.97 Å². The second-order valence-electron chi connectivity index (χ2n) is 6.53. The van der Waals surface area contributed by atoms with Crippen molar-refractivity contribution < 1.29 is 9.26 Å². The van der Waals surface area contributed by atoms with Gasteiger partial charge in [0.05, 0.1) is 29.3 Å². The molecule has 0 amide bonds. The highest BCUT2D eigenvalue weighted by molar-refractivity contribution is 5.78. The summed E-state index contributed by atoms with van der Waals surface area (Å²) in [5, 5.41) is 3.95. The summed E-state index contributed by atoms with van der Waals surface area (Å²) >= 11 is 0. The van der Waals surface area contributed by atoms with Gasteiger partial charge in [0.25, 0.3) is 0 Å². The molecule has 4 rings (SSSR count). The highest BCUT2D eigenvalue weighted by atomic mass is 16.5. The van der Waals surface area contributed by atoms with E-state index in [1.165, 1.54) is 0 Å². The van der Waals surface area contributed by atoms with Crippen LogP contribution in [0.25, 0.3) is 11.0 Å². The lowest BCUT2D eigenvalue weighted by Gasteiger charge is -2.19. The van der Waals surface area contributed by atoms with Crippen molar-refractivity contribution in [1.82, 2.24) is 19.7 Å². The molecule has 0 aliphatic rings. The third-order valence-corrected chi connectivity index (χ3v) is 4.73. The highest BCUT2D eigenvalue weighted by Crippen LogP contribution is 2.26. The van der Waals surface area contributed by atoms with Gasteiger partial charge in [-0.2, -0.15) is 0 Å². The van der Waals surface area contributed by atoms with Gasteiger partial charge in [-0.3, -0.25) is 0 Å². The van der Waals surface area contributed by atoms with Crippen LogP contribution in [0.3, 0.4) is 0 Å². The number of aromatic nitrogens is 4. The van der Waals surface area contributed by atoms with E-state index in [0.717, 1.165) is 45.3 Å². The van der Waals surface area contributed by atoms with E-state index in [1.54, 1.807) is 12.5 Å². The summed E-state index contributed by atoms with van der Waals surface area (Å²) in [5.41, 5.74) is 4.81. The topological polar surface area (TPSA) is 69.2 Å². The Morgan fingerprint density at radius 1 is 1.15 bits per heavy atom. The van der Waals surface area contributed by atoms with Crippen LogP contribution >= 0.6 is 0 Å². The lowest BCUT2D eigenvalue weighted by Crippen LogP contribution is -2.11. The van der Waals surface area contributed by atoms with Gasteiger partial charge in [0.1, 0.15) is 29.5 Å². The number of fused-ring (bicyclic) bond motifs is 1. The zero-order chi connectivity index (χ0) is 19.0. The number of anilines is 2. The molecular formula is C20H21N5O2. The number of hydrogen-bond acceptors (Lipinski definition) is 6. The molecule has 0 unspecified atom stereocenters. The first-order chi connectivity index (χ1) is 13.0. The first-order valence-electron chi connectivity index (χ1n) is 8.68. The van der Waals surface area contributed by atoms with E-state index in [4.69, 9.17) is 9.26 Å². The molecule has 0 aliphatic carbocycles. The Balaban J connectivity index is 1.49. The fraction of sp³-hybridized carbons (Fsp3) is 0.250. The SMILES string of the molecule is Cc1noc(C)c1COc1ccc(N(C)c2cc3c(cn2)ncn3C)cc1. The molecule has 0 radical (unpaired) electrons. The van der Waals surface area contributed by atoms with Crippen molar-refractivity contribution in [2.75, 3.05) is 11.9 Å². The van der Waals surface area contributed by atoms with Crippen LogP contribution in [-0.2, 0) is 13.7 Å². The number of imidazole rings is 1. The van der Waals surface area contributed by atoms with E-state index in [9.17, 15) is 0 Å². The molecule has 0 spiro atoms. The van der Waals surface area contributed by atoms with Crippen LogP contribution in [0.4, 0.5) is 11.5 Å². The lowest BCUT2D eigenvalue weighted by atomic mass is 10.2. The number of ether oxygens (including phenoxy) is 1. The number of aryl methyl sites for hydroxylation is 3. The molecule has 0 saturated heterocycles. The molecule has 0 aliphatic heterocycles. The number of pyridine rings is 1. The van der Waals surface area contributed by atoms with Crippen LogP contribution in [0.2, 0.25) is 0 Å². The van der Waals surface area contributed by atoms with Crippen molar-refractivity contribution in [2.45, 2.75) is 20.5 Å². The molecule has 0 atom stereocenters. The van der Waals surface area contributed by atoms with Gasteiger partial charge in [-0.1, -0.05) is 5.16 Å². The quantitative estimate of drug-likeness (QED) is 0.535. The molecule has 7 nitrogen and oxygen atoms in total. The summed E-state index contributed by atoms with van der Waals surface area (Å²) in [6.07, 6.45) is 3.59. The standard InChI is InChI=1S/C20H21N5O2/c1-13-17(14(2)27-23-13)11-26-16-7-5-15(6-8-16)25(4)20-9-19-18(10-21-20)22-12-24(19)3/h5-10,12H,11H2,1-4H3. The van der Waals surface area contributed by atoms with Crippen molar-refractivity contribution in [3.63, 3.8) is 0 Å². The largest absolute Gasteiger partial charge is 0.489 e. The highest BCUT2D eigenvalue weighted by Gasteiger charge is 2.11. The first kappa shape index (κ1) is 17.1. The molecule has 7 heteroatoms. The molecule has 0 saturated carbocycles. The normalized spacial score (nSPS) is 11.1. The summed E-state index contributed by atoms with van der Waals surface area (Å²) in [5.74, 6) is 2.44. The molecule has 3 heterocycles. The Kier molecular flexibility index (Phi) is 4.27. The minimum atomic E-state index is 0.440. The number of hydrogen-bond donors (Lipinski definition) is 0. The molecule has 4 aromatic rings. The van der Waals surface area contributed by atoms with Gasteiger partial charge < -0.3 is 18.7 Å². The second-order valence-corrected chi connectivity index (χ2v) is 6.53. The van der Waals surface area contributed by atoms with Crippen LogP contribution in [-0.4, -0.2) is 26.7 Å². The van der Waals surface area contributed by atoms with Gasteiger partial charge in [0, 0.05) is 25.8 Å². The van der Waals surface area contributed by atoms with Crippen LogP contribution in [0.5, 0.6) is 5.75 Å². The maximum Gasteiger partial charge on any atom is 0.140 e. The fourth-order valence-corrected chi connectivity index (χ4v) is 2.97. The third kappa shape index (κ3) is 3.23. The Labute approximate surface area is 157 Å². The third-order valence-electron chi connectivity index (χ3n) is 4.73. The molecule has 0 N–H and O–H groups in total. The number of nitrogens with zero attached hydrogens (tertiary/aromatic N) is 5. The summed E-state index contributed by atoms with van der Waals surface area (Å²) in [4.78, 5) is 10.9. The zero-order valence-corrected chi connectivity index (χ0v) is 15.8.